The van der Waals surface area contributed by atoms with Crippen LogP contribution in [-0.4, -0.2) is 4.98 Å². The van der Waals surface area contributed by atoms with Crippen LogP contribution in [0, 0.1) is 6.92 Å². The van der Waals surface area contributed by atoms with Gasteiger partial charge in [0, 0.05) is 0 Å². The quantitative estimate of drug-likeness (QED) is 0.744. The molecule has 0 atom stereocenters. The molecule has 0 unspecified atom stereocenters. The van der Waals surface area contributed by atoms with Crippen LogP contribution in [-0.2, 0) is 6.61 Å². The van der Waals surface area contributed by atoms with E-state index in [9.17, 15) is 0 Å². The highest BCUT2D eigenvalue weighted by molar-refractivity contribution is 5.16. The molecule has 72 valence electrons. The minimum atomic E-state index is 0.494. The van der Waals surface area contributed by atoms with Crippen molar-refractivity contribution >= 4 is 0 Å². The number of benzene rings is 1. The Morgan fingerprint density at radius 3 is 2.71 bits per heavy atom. The lowest BCUT2D eigenvalue weighted by Gasteiger charge is -2.02. The number of nitrogens with zero attached hydrogens (tertiary/aromatic N) is 1. The van der Waals surface area contributed by atoms with Crippen LogP contribution in [0.2, 0.25) is 0 Å². The van der Waals surface area contributed by atoms with Gasteiger partial charge in [-0.1, -0.05) is 30.3 Å². The predicted molar refractivity (Wildman–Crippen MR) is 52.0 cm³/mol. The SMILES string of the molecule is Cc1ncoc1OCc1ccccc1. The van der Waals surface area contributed by atoms with Crippen molar-refractivity contribution < 1.29 is 9.15 Å². The van der Waals surface area contributed by atoms with E-state index in [2.05, 4.69) is 4.98 Å². The Kier molecular flexibility index (Phi) is 2.49. The molecule has 14 heavy (non-hydrogen) atoms. The summed E-state index contributed by atoms with van der Waals surface area (Å²) < 4.78 is 10.5. The second kappa shape index (κ2) is 3.96. The molecule has 0 bridgehead atoms. The molecule has 0 spiro atoms. The van der Waals surface area contributed by atoms with Crippen LogP contribution in [0.3, 0.4) is 0 Å². The van der Waals surface area contributed by atoms with E-state index in [4.69, 9.17) is 9.15 Å². The highest BCUT2D eigenvalue weighted by Crippen LogP contribution is 2.16. The number of rotatable bonds is 3. The maximum absolute atomic E-state index is 5.43. The Morgan fingerprint density at radius 2 is 2.07 bits per heavy atom. The fourth-order valence-electron chi connectivity index (χ4n) is 1.15. The van der Waals surface area contributed by atoms with Crippen molar-refractivity contribution in [1.29, 1.82) is 0 Å². The summed E-state index contributed by atoms with van der Waals surface area (Å²) in [4.78, 5) is 3.94. The number of aryl methyl sites for hydroxylation is 1. The topological polar surface area (TPSA) is 35.3 Å². The van der Waals surface area contributed by atoms with Crippen molar-refractivity contribution in [3.05, 3.63) is 48.0 Å². The van der Waals surface area contributed by atoms with Crippen LogP contribution >= 0.6 is 0 Å². The zero-order chi connectivity index (χ0) is 9.80. The van der Waals surface area contributed by atoms with Crippen LogP contribution in [0.15, 0.2) is 41.1 Å². The molecule has 0 saturated carbocycles. The fraction of sp³-hybridized carbons (Fsp3) is 0.182. The average molecular weight is 189 g/mol. The first-order valence-corrected chi connectivity index (χ1v) is 4.43. The zero-order valence-corrected chi connectivity index (χ0v) is 7.93. The molecule has 1 aromatic carbocycles. The minimum Gasteiger partial charge on any atom is -0.459 e. The number of aromatic nitrogens is 1. The molecule has 2 aromatic rings. The first-order valence-electron chi connectivity index (χ1n) is 4.43. The summed E-state index contributed by atoms with van der Waals surface area (Å²) in [6.45, 7) is 2.36. The number of oxazole rings is 1. The summed E-state index contributed by atoms with van der Waals surface area (Å²) in [5.74, 6) is 0.494. The van der Waals surface area contributed by atoms with Gasteiger partial charge in [-0.3, -0.25) is 0 Å². The summed E-state index contributed by atoms with van der Waals surface area (Å²) in [7, 11) is 0. The van der Waals surface area contributed by atoms with E-state index in [0.29, 0.717) is 12.6 Å². The van der Waals surface area contributed by atoms with E-state index in [1.54, 1.807) is 0 Å². The molecule has 3 heteroatoms. The van der Waals surface area contributed by atoms with Crippen molar-refractivity contribution in [3.8, 4) is 5.95 Å². The molecule has 1 aromatic heterocycles. The van der Waals surface area contributed by atoms with Crippen molar-refractivity contribution in [1.82, 2.24) is 4.98 Å². The van der Waals surface area contributed by atoms with Gasteiger partial charge in [-0.2, -0.15) is 0 Å². The largest absolute Gasteiger partial charge is 0.459 e. The molecule has 0 aliphatic carbocycles. The molecule has 2 rings (SSSR count). The third-order valence-corrected chi connectivity index (χ3v) is 1.91. The Balaban J connectivity index is 1.99. The van der Waals surface area contributed by atoms with E-state index in [0.717, 1.165) is 11.3 Å². The molecule has 0 radical (unpaired) electrons. The zero-order valence-electron chi connectivity index (χ0n) is 7.93. The highest BCUT2D eigenvalue weighted by atomic mass is 16.6. The Bertz CT molecular complexity index is 395. The second-order valence-electron chi connectivity index (χ2n) is 3.00. The summed E-state index contributed by atoms with van der Waals surface area (Å²) in [5.41, 5.74) is 1.89. The molecule has 0 aliphatic heterocycles. The van der Waals surface area contributed by atoms with Crippen LogP contribution in [0.4, 0.5) is 0 Å². The minimum absolute atomic E-state index is 0.494. The summed E-state index contributed by atoms with van der Waals surface area (Å²) in [6, 6.07) is 9.94. The van der Waals surface area contributed by atoms with E-state index >= 15 is 0 Å². The van der Waals surface area contributed by atoms with Gasteiger partial charge in [0.05, 0.1) is 0 Å². The smallest absolute Gasteiger partial charge is 0.308 e. The van der Waals surface area contributed by atoms with Gasteiger partial charge < -0.3 is 9.15 Å². The van der Waals surface area contributed by atoms with Crippen molar-refractivity contribution in [2.75, 3.05) is 0 Å². The average Bonchev–Trinajstić information content (AvgIpc) is 2.63. The first-order chi connectivity index (χ1) is 6.86. The van der Waals surface area contributed by atoms with Crippen molar-refractivity contribution in [2.45, 2.75) is 13.5 Å². The van der Waals surface area contributed by atoms with Gasteiger partial charge in [0.2, 0.25) is 0 Å². The standard InChI is InChI=1S/C11H11NO2/c1-9-11(14-8-12-9)13-7-10-5-3-2-4-6-10/h2-6,8H,7H2,1H3. The number of hydrogen-bond acceptors (Lipinski definition) is 3. The number of ether oxygens (including phenoxy) is 1. The van der Waals surface area contributed by atoms with Crippen LogP contribution < -0.4 is 4.74 Å². The molecular formula is C11H11NO2. The predicted octanol–water partition coefficient (Wildman–Crippen LogP) is 2.56. The van der Waals surface area contributed by atoms with Gasteiger partial charge in [-0.05, 0) is 12.5 Å². The molecule has 0 N–H and O–H groups in total. The third-order valence-electron chi connectivity index (χ3n) is 1.91. The molecule has 0 saturated heterocycles. The van der Waals surface area contributed by atoms with E-state index in [-0.39, 0.29) is 0 Å². The van der Waals surface area contributed by atoms with Crippen molar-refractivity contribution in [3.63, 3.8) is 0 Å². The molecule has 0 amide bonds. The molecule has 0 fully saturated rings. The second-order valence-corrected chi connectivity index (χ2v) is 3.00. The summed E-state index contributed by atoms with van der Waals surface area (Å²) in [6.07, 6.45) is 1.38. The van der Waals surface area contributed by atoms with Crippen LogP contribution in [0.5, 0.6) is 5.95 Å². The van der Waals surface area contributed by atoms with E-state index < -0.39 is 0 Å². The molecule has 1 heterocycles. The highest BCUT2D eigenvalue weighted by Gasteiger charge is 2.03. The number of hydrogen-bond donors (Lipinski definition) is 0. The Morgan fingerprint density at radius 1 is 1.29 bits per heavy atom. The van der Waals surface area contributed by atoms with Gasteiger partial charge in [-0.15, -0.1) is 0 Å². The lowest BCUT2D eigenvalue weighted by Crippen LogP contribution is -1.94. The molecular weight excluding hydrogens is 178 g/mol. The van der Waals surface area contributed by atoms with Gasteiger partial charge >= 0.3 is 5.95 Å². The maximum atomic E-state index is 5.43. The molecule has 0 aliphatic rings. The summed E-state index contributed by atoms with van der Waals surface area (Å²) >= 11 is 0. The molecule has 3 nitrogen and oxygen atoms in total. The first kappa shape index (κ1) is 8.81. The van der Waals surface area contributed by atoms with Gasteiger partial charge in [-0.25, -0.2) is 4.98 Å². The lowest BCUT2D eigenvalue weighted by molar-refractivity contribution is 0.230. The van der Waals surface area contributed by atoms with Gasteiger partial charge in [0.1, 0.15) is 12.3 Å². The normalized spacial score (nSPS) is 10.1. The van der Waals surface area contributed by atoms with E-state index in [1.807, 2.05) is 37.3 Å². The Hall–Kier alpha value is -1.77. The Labute approximate surface area is 82.3 Å². The van der Waals surface area contributed by atoms with Crippen molar-refractivity contribution in [2.24, 2.45) is 0 Å². The van der Waals surface area contributed by atoms with Crippen LogP contribution in [0.1, 0.15) is 11.3 Å². The third kappa shape index (κ3) is 1.93. The monoisotopic (exact) mass is 189 g/mol. The van der Waals surface area contributed by atoms with E-state index in [1.165, 1.54) is 6.39 Å². The van der Waals surface area contributed by atoms with Gasteiger partial charge in [0.15, 0.2) is 6.39 Å². The fourth-order valence-corrected chi connectivity index (χ4v) is 1.15. The summed E-state index contributed by atoms with van der Waals surface area (Å²) in [5, 5.41) is 0. The van der Waals surface area contributed by atoms with Crippen LogP contribution in [0.25, 0.3) is 0 Å². The maximum Gasteiger partial charge on any atom is 0.308 e. The lowest BCUT2D eigenvalue weighted by atomic mass is 10.2. The van der Waals surface area contributed by atoms with Gasteiger partial charge in [0.25, 0.3) is 0 Å².